The molecule has 41 heavy (non-hydrogen) atoms. The van der Waals surface area contributed by atoms with E-state index in [4.69, 9.17) is 4.74 Å². The molecule has 1 fully saturated rings. The minimum atomic E-state index is -0.640. The fourth-order valence-corrected chi connectivity index (χ4v) is 4.99. The van der Waals surface area contributed by atoms with Gasteiger partial charge in [-0.2, -0.15) is 5.26 Å². The SMILES string of the molecule is C=C(Nc1c(OC(C)CC(O)CC(C#N)C2CC2)cccc1C(=O)Nc1ccc(C)cn1)C(CC)CCNC(C)C. The lowest BCUT2D eigenvalue weighted by Gasteiger charge is -2.25. The van der Waals surface area contributed by atoms with E-state index < -0.39 is 6.10 Å². The zero-order valence-corrected chi connectivity index (χ0v) is 25.2. The molecule has 1 saturated carbocycles. The summed E-state index contributed by atoms with van der Waals surface area (Å²) in [6, 6.07) is 11.8. The third kappa shape index (κ3) is 10.2. The van der Waals surface area contributed by atoms with Crippen LogP contribution >= 0.6 is 0 Å². The van der Waals surface area contributed by atoms with Gasteiger partial charge in [0.1, 0.15) is 11.6 Å². The van der Waals surface area contributed by atoms with E-state index in [9.17, 15) is 15.2 Å². The number of nitrogens with one attached hydrogen (secondary N) is 3. The number of hydrogen-bond acceptors (Lipinski definition) is 7. The Balaban J connectivity index is 1.80. The van der Waals surface area contributed by atoms with Gasteiger partial charge in [0.2, 0.25) is 0 Å². The lowest BCUT2D eigenvalue weighted by atomic mass is 9.95. The normalized spacial score (nSPS) is 15.9. The fraction of sp³-hybridized carbons (Fsp3) is 0.545. The molecule has 222 valence electrons. The van der Waals surface area contributed by atoms with Crippen LogP contribution < -0.4 is 20.7 Å². The van der Waals surface area contributed by atoms with Crippen molar-refractivity contribution in [2.24, 2.45) is 17.8 Å². The number of anilines is 2. The van der Waals surface area contributed by atoms with Gasteiger partial charge in [-0.3, -0.25) is 4.79 Å². The number of aliphatic hydroxyl groups is 1. The summed E-state index contributed by atoms with van der Waals surface area (Å²) >= 11 is 0. The van der Waals surface area contributed by atoms with E-state index in [1.807, 2.05) is 26.0 Å². The van der Waals surface area contributed by atoms with E-state index in [0.29, 0.717) is 47.6 Å². The van der Waals surface area contributed by atoms with E-state index in [1.54, 1.807) is 24.4 Å². The second-order valence-electron chi connectivity index (χ2n) is 11.6. The first-order valence-electron chi connectivity index (χ1n) is 14.9. The molecule has 1 aliphatic rings. The van der Waals surface area contributed by atoms with Crippen molar-refractivity contribution in [3.63, 3.8) is 0 Å². The van der Waals surface area contributed by atoms with Gasteiger partial charge in [-0.25, -0.2) is 4.98 Å². The molecule has 8 nitrogen and oxygen atoms in total. The molecule has 0 spiro atoms. The van der Waals surface area contributed by atoms with Crippen molar-refractivity contribution in [3.8, 4) is 11.8 Å². The summed E-state index contributed by atoms with van der Waals surface area (Å²) in [5, 5.41) is 30.0. The van der Waals surface area contributed by atoms with E-state index in [2.05, 4.69) is 54.4 Å². The molecule has 8 heteroatoms. The number of nitriles is 1. The largest absolute Gasteiger partial charge is 0.488 e. The number of ether oxygens (including phenoxy) is 1. The molecule has 4 N–H and O–H groups in total. The van der Waals surface area contributed by atoms with Crippen LogP contribution in [0.15, 0.2) is 48.8 Å². The Morgan fingerprint density at radius 1 is 1.20 bits per heavy atom. The van der Waals surface area contributed by atoms with Gasteiger partial charge in [-0.1, -0.05) is 39.5 Å². The number of carbonyl (C=O) groups excluding carboxylic acids is 1. The number of pyridine rings is 1. The van der Waals surface area contributed by atoms with Gasteiger partial charge < -0.3 is 25.8 Å². The smallest absolute Gasteiger partial charge is 0.259 e. The molecule has 0 radical (unpaired) electrons. The Bertz CT molecular complexity index is 1190. The van der Waals surface area contributed by atoms with E-state index in [-0.39, 0.29) is 23.8 Å². The number of aromatic nitrogens is 1. The number of rotatable bonds is 17. The fourth-order valence-electron chi connectivity index (χ4n) is 4.99. The highest BCUT2D eigenvalue weighted by Gasteiger charge is 2.33. The first-order chi connectivity index (χ1) is 19.6. The van der Waals surface area contributed by atoms with Gasteiger partial charge in [0, 0.05) is 24.4 Å². The average molecular weight is 562 g/mol. The number of para-hydroxylation sites is 1. The molecule has 0 aliphatic heterocycles. The Morgan fingerprint density at radius 3 is 2.56 bits per heavy atom. The summed E-state index contributed by atoms with van der Waals surface area (Å²) in [5.74, 6) is 1.13. The van der Waals surface area contributed by atoms with Crippen molar-refractivity contribution < 1.29 is 14.6 Å². The van der Waals surface area contributed by atoms with Crippen molar-refractivity contribution >= 4 is 17.4 Å². The van der Waals surface area contributed by atoms with Crippen molar-refractivity contribution in [3.05, 3.63) is 59.9 Å². The number of allylic oxidation sites excluding steroid dienone is 1. The van der Waals surface area contributed by atoms with Gasteiger partial charge in [-0.05, 0) is 88.1 Å². The predicted octanol–water partition coefficient (Wildman–Crippen LogP) is 6.44. The standard InChI is InChI=1S/C33H47N5O3/c1-7-25(15-16-35-21(2)3)24(6)37-32-29(33(40)38-31-14-11-22(4)20-36-31)9-8-10-30(32)41-23(5)17-28(39)18-27(19-34)26-12-13-26/h8-11,14,20-21,23,25-28,35,37,39H,6-7,12-13,15-18H2,1-5H3,(H,36,38,40). The maximum atomic E-state index is 13.5. The predicted molar refractivity (Wildman–Crippen MR) is 165 cm³/mol. The number of hydrogen-bond donors (Lipinski definition) is 4. The first-order valence-corrected chi connectivity index (χ1v) is 14.9. The summed E-state index contributed by atoms with van der Waals surface area (Å²) in [5.41, 5.74) is 2.76. The monoisotopic (exact) mass is 561 g/mol. The minimum absolute atomic E-state index is 0.115. The molecule has 3 rings (SSSR count). The van der Waals surface area contributed by atoms with Crippen LogP contribution in [0.25, 0.3) is 0 Å². The van der Waals surface area contributed by atoms with Crippen molar-refractivity contribution in [2.45, 2.75) is 91.4 Å². The van der Waals surface area contributed by atoms with Crippen LogP contribution in [0.4, 0.5) is 11.5 Å². The number of benzene rings is 1. The summed E-state index contributed by atoms with van der Waals surface area (Å²) in [7, 11) is 0. The van der Waals surface area contributed by atoms with Gasteiger partial charge >= 0.3 is 0 Å². The molecule has 4 atom stereocenters. The number of carbonyl (C=O) groups is 1. The van der Waals surface area contributed by atoms with Crippen LogP contribution in [0, 0.1) is 36.0 Å². The molecule has 0 bridgehead atoms. The van der Waals surface area contributed by atoms with E-state index in [1.165, 1.54) is 0 Å². The highest BCUT2D eigenvalue weighted by molar-refractivity contribution is 6.08. The number of aryl methyl sites for hydroxylation is 1. The topological polar surface area (TPSA) is 119 Å². The van der Waals surface area contributed by atoms with E-state index >= 15 is 0 Å². The lowest BCUT2D eigenvalue weighted by molar-refractivity contribution is 0.0872. The van der Waals surface area contributed by atoms with Crippen LogP contribution in [-0.4, -0.2) is 40.8 Å². The van der Waals surface area contributed by atoms with Gasteiger partial charge in [0.25, 0.3) is 5.91 Å². The Kier molecular flexibility index (Phi) is 12.2. The highest BCUT2D eigenvalue weighted by atomic mass is 16.5. The van der Waals surface area contributed by atoms with Crippen LogP contribution in [-0.2, 0) is 0 Å². The average Bonchev–Trinajstić information content (AvgIpc) is 3.77. The minimum Gasteiger partial charge on any atom is -0.488 e. The number of nitrogens with zero attached hydrogens (tertiary/aromatic N) is 2. The molecule has 4 unspecified atom stereocenters. The van der Waals surface area contributed by atoms with Crippen molar-refractivity contribution in [2.75, 3.05) is 17.2 Å². The first kappa shape index (κ1) is 32.1. The molecule has 1 amide bonds. The van der Waals surface area contributed by atoms with Crippen molar-refractivity contribution in [1.29, 1.82) is 5.26 Å². The molecule has 1 aliphatic carbocycles. The highest BCUT2D eigenvalue weighted by Crippen LogP contribution is 2.39. The zero-order chi connectivity index (χ0) is 29.9. The van der Waals surface area contributed by atoms with Crippen LogP contribution in [0.3, 0.4) is 0 Å². The molecule has 0 saturated heterocycles. The van der Waals surface area contributed by atoms with Crippen LogP contribution in [0.5, 0.6) is 5.75 Å². The lowest BCUT2D eigenvalue weighted by Crippen LogP contribution is -2.27. The summed E-state index contributed by atoms with van der Waals surface area (Å²) in [4.78, 5) is 17.8. The Hall–Kier alpha value is -3.41. The maximum Gasteiger partial charge on any atom is 0.259 e. The summed E-state index contributed by atoms with van der Waals surface area (Å²) in [6.45, 7) is 15.4. The molecule has 1 aromatic carbocycles. The maximum absolute atomic E-state index is 13.5. The van der Waals surface area contributed by atoms with Crippen molar-refractivity contribution in [1.82, 2.24) is 10.3 Å². The van der Waals surface area contributed by atoms with E-state index in [0.717, 1.165) is 43.5 Å². The third-order valence-corrected chi connectivity index (χ3v) is 7.56. The van der Waals surface area contributed by atoms with Crippen LogP contribution in [0.1, 0.15) is 82.1 Å². The number of aliphatic hydroxyl groups excluding tert-OH is 1. The molecule has 1 aromatic heterocycles. The molecular weight excluding hydrogens is 514 g/mol. The zero-order valence-electron chi connectivity index (χ0n) is 25.2. The summed E-state index contributed by atoms with van der Waals surface area (Å²) in [6.07, 6.45) is 5.49. The Morgan fingerprint density at radius 2 is 1.95 bits per heavy atom. The molecule has 2 aromatic rings. The second-order valence-corrected chi connectivity index (χ2v) is 11.6. The van der Waals surface area contributed by atoms with Crippen LogP contribution in [0.2, 0.25) is 0 Å². The van der Waals surface area contributed by atoms with Gasteiger partial charge in [0.15, 0.2) is 0 Å². The van der Waals surface area contributed by atoms with Gasteiger partial charge in [0.05, 0.1) is 35.4 Å². The quantitative estimate of drug-likeness (QED) is 0.175. The Labute approximate surface area is 245 Å². The molecule has 1 heterocycles. The molecular formula is C33H47N5O3. The summed E-state index contributed by atoms with van der Waals surface area (Å²) < 4.78 is 6.34. The number of amides is 1. The van der Waals surface area contributed by atoms with Gasteiger partial charge in [-0.15, -0.1) is 0 Å². The second kappa shape index (κ2) is 15.6. The third-order valence-electron chi connectivity index (χ3n) is 7.56.